The molecule has 0 spiro atoms. The van der Waals surface area contributed by atoms with Gasteiger partial charge < -0.3 is 0 Å². The van der Waals surface area contributed by atoms with E-state index in [9.17, 15) is 4.79 Å². The Morgan fingerprint density at radius 1 is 0.633 bits per heavy atom. The number of Topliss-reactive ketones (excluding diaryl/α,β-unsaturated/α-hetero) is 1. The van der Waals surface area contributed by atoms with Crippen LogP contribution in [0.5, 0.6) is 0 Å². The van der Waals surface area contributed by atoms with E-state index in [-0.39, 0.29) is 12.3 Å². The fourth-order valence-corrected chi connectivity index (χ4v) is 3.87. The van der Waals surface area contributed by atoms with Crippen molar-refractivity contribution in [2.24, 2.45) is 0 Å². The van der Waals surface area contributed by atoms with Gasteiger partial charge >= 0.3 is 0 Å². The Labute approximate surface area is 175 Å². The molecule has 3 heteroatoms. The number of rotatable bonds is 5. The van der Waals surface area contributed by atoms with E-state index in [1.54, 1.807) is 0 Å². The topological polar surface area (TPSA) is 34.9 Å². The summed E-state index contributed by atoms with van der Waals surface area (Å²) in [6.45, 7) is 0.176. The van der Waals surface area contributed by atoms with Crippen LogP contribution >= 0.6 is 0 Å². The summed E-state index contributed by atoms with van der Waals surface area (Å²) in [5.74, 6) is 0.0372. The maximum Gasteiger partial charge on any atom is 0.184 e. The Morgan fingerprint density at radius 2 is 1.20 bits per heavy atom. The van der Waals surface area contributed by atoms with Crippen molar-refractivity contribution in [1.29, 1.82) is 0 Å². The molecular weight excluding hydrogens is 368 g/mol. The van der Waals surface area contributed by atoms with Gasteiger partial charge in [0.25, 0.3) is 0 Å². The molecule has 3 aromatic carbocycles. The lowest BCUT2D eigenvalue weighted by molar-refractivity contribution is 0.0968. The lowest BCUT2D eigenvalue weighted by Gasteiger charge is -2.20. The predicted octanol–water partition coefficient (Wildman–Crippen LogP) is 6.20. The molecule has 0 amide bonds. The number of carbonyl (C=O) groups is 1. The van der Waals surface area contributed by atoms with Gasteiger partial charge in [-0.25, -0.2) is 0 Å². The number of carbonyl (C=O) groups excluding carboxylic acids is 1. The van der Waals surface area contributed by atoms with E-state index < -0.39 is 0 Å². The summed E-state index contributed by atoms with van der Waals surface area (Å²) in [6, 6.07) is 35.9. The minimum absolute atomic E-state index is 0.0372. The molecule has 3 nitrogen and oxygen atoms in total. The van der Waals surface area contributed by atoms with Crippen molar-refractivity contribution in [3.05, 3.63) is 115 Å². The lowest BCUT2D eigenvalue weighted by atomic mass is 9.98. The standard InChI is InChI=1S/C27H20N2O/c30-25(20-11-4-1-5-12-20)19-29-27(22-15-8-3-9-16-22)24-18-10-17-23(24)26(28-29)21-13-6-2-7-14-21/h1-18H,19H2. The number of hydrogen-bond acceptors (Lipinski definition) is 2. The van der Waals surface area contributed by atoms with Crippen LogP contribution in [0.1, 0.15) is 10.4 Å². The zero-order valence-electron chi connectivity index (χ0n) is 16.4. The summed E-state index contributed by atoms with van der Waals surface area (Å²) in [6.07, 6.45) is 0. The Hall–Kier alpha value is -3.98. The molecule has 0 atom stereocenters. The average Bonchev–Trinajstić information content (AvgIpc) is 3.30. The second-order valence-electron chi connectivity index (χ2n) is 7.23. The van der Waals surface area contributed by atoms with Gasteiger partial charge in [0, 0.05) is 27.8 Å². The van der Waals surface area contributed by atoms with Crippen LogP contribution in [0, 0.1) is 0 Å². The van der Waals surface area contributed by atoms with Gasteiger partial charge in [0.1, 0.15) is 6.54 Å². The summed E-state index contributed by atoms with van der Waals surface area (Å²) >= 11 is 0. The predicted molar refractivity (Wildman–Crippen MR) is 120 cm³/mol. The Bertz CT molecular complexity index is 1260. The van der Waals surface area contributed by atoms with E-state index in [2.05, 4.69) is 42.5 Å². The molecule has 1 heterocycles. The second kappa shape index (κ2) is 7.80. The van der Waals surface area contributed by atoms with Crippen molar-refractivity contribution < 1.29 is 4.79 Å². The highest BCUT2D eigenvalue weighted by Crippen LogP contribution is 2.39. The zero-order chi connectivity index (χ0) is 20.3. The maximum absolute atomic E-state index is 13.1. The van der Waals surface area contributed by atoms with Crippen LogP contribution < -0.4 is 0 Å². The molecule has 0 radical (unpaired) electrons. The zero-order valence-corrected chi connectivity index (χ0v) is 16.4. The highest BCUT2D eigenvalue weighted by atomic mass is 16.1. The van der Waals surface area contributed by atoms with Crippen molar-refractivity contribution >= 4 is 5.78 Å². The molecule has 144 valence electrons. The fraction of sp³-hybridized carbons (Fsp3) is 0.0370. The Morgan fingerprint density at radius 3 is 1.87 bits per heavy atom. The van der Waals surface area contributed by atoms with Gasteiger partial charge in [-0.2, -0.15) is 5.10 Å². The number of hydrogen-bond donors (Lipinski definition) is 0. The number of ketones is 1. The number of aromatic nitrogens is 2. The fourth-order valence-electron chi connectivity index (χ4n) is 3.87. The first-order valence-corrected chi connectivity index (χ1v) is 10.00. The molecule has 3 aromatic rings. The average molecular weight is 388 g/mol. The molecule has 0 fully saturated rings. The second-order valence-corrected chi connectivity index (χ2v) is 7.23. The van der Waals surface area contributed by atoms with E-state index >= 15 is 0 Å². The first-order valence-electron chi connectivity index (χ1n) is 10.00. The van der Waals surface area contributed by atoms with Crippen LogP contribution in [0.2, 0.25) is 0 Å². The smallest absolute Gasteiger partial charge is 0.184 e. The number of fused-ring (bicyclic) bond motifs is 1. The molecular formula is C27H20N2O. The number of nitrogens with zero attached hydrogens (tertiary/aromatic N) is 2. The molecule has 1 aliphatic carbocycles. The van der Waals surface area contributed by atoms with Crippen LogP contribution in [0.4, 0.5) is 0 Å². The van der Waals surface area contributed by atoms with Gasteiger partial charge in [-0.15, -0.1) is 0 Å². The third-order valence-electron chi connectivity index (χ3n) is 5.29. The highest BCUT2D eigenvalue weighted by molar-refractivity contribution is 5.97. The van der Waals surface area contributed by atoms with Gasteiger partial charge in [-0.05, 0) is 0 Å². The van der Waals surface area contributed by atoms with Gasteiger partial charge in [-0.3, -0.25) is 9.48 Å². The minimum atomic E-state index is 0.0372. The highest BCUT2D eigenvalue weighted by Gasteiger charge is 2.22. The molecule has 0 unspecified atom stereocenters. The van der Waals surface area contributed by atoms with Crippen molar-refractivity contribution in [3.8, 4) is 33.6 Å². The Kier molecular flexibility index (Phi) is 4.70. The van der Waals surface area contributed by atoms with Crippen LogP contribution in [-0.4, -0.2) is 15.6 Å². The first kappa shape index (κ1) is 18.1. The molecule has 0 N–H and O–H groups in total. The van der Waals surface area contributed by atoms with E-state index in [4.69, 9.17) is 5.10 Å². The molecule has 0 saturated heterocycles. The summed E-state index contributed by atoms with van der Waals surface area (Å²) in [4.78, 5) is 13.1. The Balaban J connectivity index is 1.72. The molecule has 0 saturated carbocycles. The number of benzene rings is 3. The summed E-state index contributed by atoms with van der Waals surface area (Å²) < 4.78 is 1.86. The molecule has 0 aromatic heterocycles. The molecule has 5 rings (SSSR count). The van der Waals surface area contributed by atoms with Crippen molar-refractivity contribution in [2.75, 3.05) is 0 Å². The minimum Gasteiger partial charge on any atom is -0.292 e. The van der Waals surface area contributed by atoms with Crippen LogP contribution in [0.3, 0.4) is 0 Å². The van der Waals surface area contributed by atoms with Gasteiger partial charge in [-0.1, -0.05) is 109 Å². The summed E-state index contributed by atoms with van der Waals surface area (Å²) in [5.41, 5.74) is 6.79. The van der Waals surface area contributed by atoms with Gasteiger partial charge in [0.15, 0.2) is 5.78 Å². The first-order chi connectivity index (χ1) is 14.8. The summed E-state index contributed by atoms with van der Waals surface area (Å²) in [7, 11) is 0. The van der Waals surface area contributed by atoms with Crippen LogP contribution in [-0.2, 0) is 6.54 Å². The quantitative estimate of drug-likeness (QED) is 0.336. The lowest BCUT2D eigenvalue weighted by Crippen LogP contribution is -2.17. The third kappa shape index (κ3) is 3.31. The van der Waals surface area contributed by atoms with Crippen LogP contribution in [0.15, 0.2) is 109 Å². The van der Waals surface area contributed by atoms with Crippen molar-refractivity contribution in [2.45, 2.75) is 6.54 Å². The molecule has 1 aliphatic heterocycles. The molecule has 0 bridgehead atoms. The van der Waals surface area contributed by atoms with Gasteiger partial charge in [0.2, 0.25) is 0 Å². The van der Waals surface area contributed by atoms with E-state index in [0.29, 0.717) is 5.56 Å². The SMILES string of the molecule is O=C(Cn1nc(-c2ccccc2)c2cccc-2c1-c1ccccc1)c1ccccc1. The van der Waals surface area contributed by atoms with E-state index in [1.807, 2.05) is 71.4 Å². The van der Waals surface area contributed by atoms with Crippen molar-refractivity contribution in [1.82, 2.24) is 9.78 Å². The summed E-state index contributed by atoms with van der Waals surface area (Å²) in [5, 5.41) is 4.98. The largest absolute Gasteiger partial charge is 0.292 e. The molecule has 2 aliphatic rings. The molecule has 30 heavy (non-hydrogen) atoms. The normalized spacial score (nSPS) is 10.9. The monoisotopic (exact) mass is 388 g/mol. The van der Waals surface area contributed by atoms with Crippen molar-refractivity contribution in [3.63, 3.8) is 0 Å². The van der Waals surface area contributed by atoms with E-state index in [1.165, 1.54) is 0 Å². The maximum atomic E-state index is 13.1. The third-order valence-corrected chi connectivity index (χ3v) is 5.29. The van der Waals surface area contributed by atoms with E-state index in [0.717, 1.165) is 33.6 Å². The van der Waals surface area contributed by atoms with Gasteiger partial charge in [0.05, 0.1) is 11.4 Å². The van der Waals surface area contributed by atoms with Crippen LogP contribution in [0.25, 0.3) is 33.6 Å².